The molecule has 0 saturated carbocycles. The van der Waals surface area contributed by atoms with E-state index in [-0.39, 0.29) is 42.8 Å². The number of hydrogen-bond donors (Lipinski definition) is 0. The molecular formula is C61H56IrN4O2-2. The van der Waals surface area contributed by atoms with Crippen LogP contribution in [0, 0.1) is 12.1 Å². The van der Waals surface area contributed by atoms with Gasteiger partial charge in [-0.15, -0.1) is 54.1 Å². The van der Waals surface area contributed by atoms with E-state index in [0.717, 1.165) is 83.4 Å². The Morgan fingerprint density at radius 1 is 0.559 bits per heavy atom. The Morgan fingerprint density at radius 2 is 1.22 bits per heavy atom. The van der Waals surface area contributed by atoms with Crippen LogP contribution in [-0.4, -0.2) is 19.5 Å². The molecule has 6 nitrogen and oxygen atoms in total. The first-order valence-electron chi connectivity index (χ1n) is 23.4. The van der Waals surface area contributed by atoms with Gasteiger partial charge in [-0.1, -0.05) is 141 Å². The number of para-hydroxylation sites is 1. The summed E-state index contributed by atoms with van der Waals surface area (Å²) < 4.78 is 15.7. The van der Waals surface area contributed by atoms with Crippen LogP contribution in [0.5, 0.6) is 0 Å². The SMILES string of the molecule is CC(C)(C)c1ccnc(-c2[c-]cccc2)n1.CC(C)c1cc(-c2ccccc2)cc(C(C)C)c1-n1c(-c2[c-]ccc3c2oc2c3ccc3c4ccccc4oc32)nc2cc(C(C)(C)C)ccc21.[Ir]. The zero-order chi connectivity index (χ0) is 46.8. The number of imidazole rings is 1. The van der Waals surface area contributed by atoms with E-state index in [0.29, 0.717) is 0 Å². The van der Waals surface area contributed by atoms with Crippen molar-refractivity contribution in [2.45, 2.75) is 91.9 Å². The number of furan rings is 2. The Bertz CT molecular complexity index is 3570. The molecule has 11 rings (SSSR count). The van der Waals surface area contributed by atoms with Crippen LogP contribution < -0.4 is 0 Å². The molecule has 0 aliphatic rings. The fourth-order valence-electron chi connectivity index (χ4n) is 9.14. The minimum atomic E-state index is -0.0233. The van der Waals surface area contributed by atoms with Gasteiger partial charge in [-0.05, 0) is 87.5 Å². The second kappa shape index (κ2) is 18.1. The zero-order valence-corrected chi connectivity index (χ0v) is 42.8. The van der Waals surface area contributed by atoms with Gasteiger partial charge in [0.05, 0.1) is 28.3 Å². The van der Waals surface area contributed by atoms with E-state index < -0.39 is 0 Å². The van der Waals surface area contributed by atoms with Crippen molar-refractivity contribution in [3.63, 3.8) is 0 Å². The Kier molecular flexibility index (Phi) is 12.4. The van der Waals surface area contributed by atoms with Gasteiger partial charge in [0.15, 0.2) is 11.2 Å². The Morgan fingerprint density at radius 3 is 1.90 bits per heavy atom. The maximum Gasteiger partial charge on any atom is 0.177 e. The molecule has 0 amide bonds. The van der Waals surface area contributed by atoms with E-state index >= 15 is 0 Å². The van der Waals surface area contributed by atoms with Crippen LogP contribution in [0.3, 0.4) is 0 Å². The molecular weight excluding hydrogens is 1010 g/mol. The predicted molar refractivity (Wildman–Crippen MR) is 277 cm³/mol. The predicted octanol–water partition coefficient (Wildman–Crippen LogP) is 16.7. The zero-order valence-electron chi connectivity index (χ0n) is 40.4. The molecule has 4 aromatic heterocycles. The van der Waals surface area contributed by atoms with E-state index in [9.17, 15) is 0 Å². The van der Waals surface area contributed by atoms with Gasteiger partial charge in [0.1, 0.15) is 5.58 Å². The maximum absolute atomic E-state index is 6.90. The van der Waals surface area contributed by atoms with E-state index in [1.165, 1.54) is 33.5 Å². The summed E-state index contributed by atoms with van der Waals surface area (Å²) in [5.74, 6) is 2.08. The molecule has 68 heavy (non-hydrogen) atoms. The quantitative estimate of drug-likeness (QED) is 0.155. The summed E-state index contributed by atoms with van der Waals surface area (Å²) in [5, 5.41) is 4.16. The molecule has 4 heterocycles. The molecule has 7 heteroatoms. The van der Waals surface area contributed by atoms with Crippen molar-refractivity contribution in [2.24, 2.45) is 0 Å². The van der Waals surface area contributed by atoms with Gasteiger partial charge >= 0.3 is 0 Å². The third-order valence-corrected chi connectivity index (χ3v) is 12.8. The standard InChI is InChI=1S/C47H41N2O2.C14H15N2.Ir/c1-27(2)37-24-30(29-14-9-8-10-15-29)25-38(28(3)4)42(37)49-40-23-20-31(47(5,6)7)26-39(40)48-46(49)36-18-13-17-33-35-22-21-34-32-16-11-12-19-41(32)50-44(34)45(35)51-43(33)36;1-14(2,3)12-9-10-15-13(16-12)11-7-5-4-6-8-11;/h8-17,19-28H,1-7H3;4-7,9-10H,1-3H3;/q2*-1;. The van der Waals surface area contributed by atoms with Crippen molar-refractivity contribution in [1.29, 1.82) is 0 Å². The molecule has 11 aromatic rings. The van der Waals surface area contributed by atoms with E-state index in [2.05, 4.69) is 181 Å². The first kappa shape index (κ1) is 46.4. The van der Waals surface area contributed by atoms with Gasteiger partial charge in [-0.25, -0.2) is 0 Å². The smallest absolute Gasteiger partial charge is 0.177 e. The summed E-state index contributed by atoms with van der Waals surface area (Å²) in [6.45, 7) is 22.4. The first-order valence-corrected chi connectivity index (χ1v) is 23.4. The summed E-state index contributed by atoms with van der Waals surface area (Å²) in [6.07, 6.45) is 1.81. The molecule has 0 aliphatic heterocycles. The Hall–Kier alpha value is -6.66. The summed E-state index contributed by atoms with van der Waals surface area (Å²) >= 11 is 0. The van der Waals surface area contributed by atoms with Crippen LogP contribution >= 0.6 is 0 Å². The average Bonchev–Trinajstić information content (AvgIpc) is 4.03. The number of hydrogen-bond acceptors (Lipinski definition) is 5. The van der Waals surface area contributed by atoms with Gasteiger partial charge < -0.3 is 13.4 Å². The number of fused-ring (bicyclic) bond motifs is 8. The second-order valence-corrected chi connectivity index (χ2v) is 20.3. The van der Waals surface area contributed by atoms with Crippen LogP contribution in [0.25, 0.3) is 94.5 Å². The third kappa shape index (κ3) is 8.48. The van der Waals surface area contributed by atoms with Crippen molar-refractivity contribution in [2.75, 3.05) is 0 Å². The summed E-state index contributed by atoms with van der Waals surface area (Å²) in [6, 6.07) is 55.3. The Labute approximate surface area is 412 Å². The number of benzene rings is 7. The minimum absolute atomic E-state index is 0. The molecule has 0 spiro atoms. The van der Waals surface area contributed by atoms with Gasteiger partial charge in [0, 0.05) is 59.3 Å². The van der Waals surface area contributed by atoms with Gasteiger partial charge in [0.2, 0.25) is 0 Å². The van der Waals surface area contributed by atoms with E-state index in [1.54, 1.807) is 0 Å². The number of rotatable bonds is 6. The van der Waals surface area contributed by atoms with Crippen LogP contribution in [0.1, 0.15) is 103 Å². The molecule has 0 unspecified atom stereocenters. The maximum atomic E-state index is 6.90. The van der Waals surface area contributed by atoms with E-state index in [1.807, 2.05) is 60.8 Å². The van der Waals surface area contributed by atoms with Crippen molar-refractivity contribution >= 4 is 54.9 Å². The largest absolute Gasteiger partial charge is 0.497 e. The minimum Gasteiger partial charge on any atom is -0.497 e. The molecule has 343 valence electrons. The van der Waals surface area contributed by atoms with Crippen LogP contribution in [0.15, 0.2) is 155 Å². The fourth-order valence-corrected chi connectivity index (χ4v) is 9.14. The topological polar surface area (TPSA) is 69.9 Å². The van der Waals surface area contributed by atoms with Crippen LogP contribution in [-0.2, 0) is 30.9 Å². The van der Waals surface area contributed by atoms with Crippen molar-refractivity contribution in [3.8, 4) is 39.6 Å². The molecule has 1 radical (unpaired) electrons. The van der Waals surface area contributed by atoms with Gasteiger partial charge in [-0.3, -0.25) is 15.0 Å². The van der Waals surface area contributed by atoms with Gasteiger partial charge in [-0.2, -0.15) is 0 Å². The van der Waals surface area contributed by atoms with Crippen molar-refractivity contribution < 1.29 is 28.9 Å². The Balaban J connectivity index is 0.000000289. The molecule has 0 aliphatic carbocycles. The van der Waals surface area contributed by atoms with Crippen LogP contribution in [0.4, 0.5) is 0 Å². The molecule has 0 atom stereocenters. The second-order valence-electron chi connectivity index (χ2n) is 20.3. The molecule has 0 N–H and O–H groups in total. The van der Waals surface area contributed by atoms with Gasteiger partial charge in [0.25, 0.3) is 0 Å². The number of nitrogens with zero attached hydrogens (tertiary/aromatic N) is 4. The summed E-state index contributed by atoms with van der Waals surface area (Å²) in [5.41, 5.74) is 15.4. The molecule has 0 bridgehead atoms. The fraction of sp³-hybridized carbons (Fsp3) is 0.230. The summed E-state index contributed by atoms with van der Waals surface area (Å²) in [7, 11) is 0. The molecule has 7 aromatic carbocycles. The van der Waals surface area contributed by atoms with Crippen molar-refractivity contribution in [1.82, 2.24) is 19.5 Å². The van der Waals surface area contributed by atoms with Crippen molar-refractivity contribution in [3.05, 3.63) is 180 Å². The number of aromatic nitrogens is 4. The normalized spacial score (nSPS) is 12.1. The first-order chi connectivity index (χ1) is 32.2. The monoisotopic (exact) mass is 1070 g/mol. The van der Waals surface area contributed by atoms with Crippen LogP contribution in [0.2, 0.25) is 0 Å². The van der Waals surface area contributed by atoms with E-state index in [4.69, 9.17) is 13.8 Å². The molecule has 0 fully saturated rings. The summed E-state index contributed by atoms with van der Waals surface area (Å²) in [4.78, 5) is 14.3. The molecule has 0 saturated heterocycles. The average molecular weight is 1070 g/mol. The third-order valence-electron chi connectivity index (χ3n) is 12.8.